The van der Waals surface area contributed by atoms with Crippen molar-refractivity contribution in [3.63, 3.8) is 0 Å². The number of amides is 1. The van der Waals surface area contributed by atoms with E-state index in [1.165, 1.54) is 12.8 Å². The molecule has 1 aromatic rings. The quantitative estimate of drug-likeness (QED) is 0.857. The fraction of sp³-hybridized carbons (Fsp3) is 0.692. The number of carbonyl (C=O) groups is 1. The van der Waals surface area contributed by atoms with E-state index in [9.17, 15) is 4.79 Å². The van der Waals surface area contributed by atoms with Gasteiger partial charge in [-0.05, 0) is 25.7 Å². The Morgan fingerprint density at radius 3 is 2.83 bits per heavy atom. The molecule has 1 unspecified atom stereocenters. The van der Waals surface area contributed by atoms with Gasteiger partial charge in [0.05, 0.1) is 18.4 Å². The Hall–Kier alpha value is -1.52. The lowest BCUT2D eigenvalue weighted by atomic mass is 9.96. The van der Waals surface area contributed by atoms with Gasteiger partial charge in [0.25, 0.3) is 0 Å². The van der Waals surface area contributed by atoms with E-state index in [0.717, 1.165) is 44.8 Å². The van der Waals surface area contributed by atoms with E-state index < -0.39 is 0 Å². The number of H-pyrrole nitrogens is 1. The molecular weight excluding hydrogens is 228 g/mol. The number of carbonyl (C=O) groups excluding carboxylic acids is 1. The van der Waals surface area contributed by atoms with Gasteiger partial charge in [-0.25, -0.2) is 4.98 Å². The lowest BCUT2D eigenvalue weighted by molar-refractivity contribution is -0.134. The molecule has 1 atom stereocenters. The van der Waals surface area contributed by atoms with Crippen molar-refractivity contribution in [3.05, 3.63) is 12.5 Å². The summed E-state index contributed by atoms with van der Waals surface area (Å²) in [7, 11) is 0. The maximum atomic E-state index is 12.4. The third-order valence-electron chi connectivity index (χ3n) is 4.01. The number of hydrogen-bond donors (Lipinski definition) is 1. The molecule has 3 rings (SSSR count). The van der Waals surface area contributed by atoms with E-state index in [1.807, 2.05) is 11.1 Å². The zero-order chi connectivity index (χ0) is 12.4. The van der Waals surface area contributed by atoms with Crippen molar-refractivity contribution in [2.45, 2.75) is 25.7 Å². The SMILES string of the molecule is O=C(C1CCCN(c2cnc[nH]2)C1)N1CCCC1. The van der Waals surface area contributed by atoms with E-state index in [4.69, 9.17) is 0 Å². The lowest BCUT2D eigenvalue weighted by Gasteiger charge is -2.34. The molecule has 2 saturated heterocycles. The van der Waals surface area contributed by atoms with Crippen LogP contribution in [0.2, 0.25) is 0 Å². The van der Waals surface area contributed by atoms with Crippen molar-refractivity contribution >= 4 is 11.7 Å². The highest BCUT2D eigenvalue weighted by Crippen LogP contribution is 2.24. The number of imidazole rings is 1. The number of hydrogen-bond acceptors (Lipinski definition) is 3. The predicted octanol–water partition coefficient (Wildman–Crippen LogP) is 1.25. The Bertz CT molecular complexity index is 397. The summed E-state index contributed by atoms with van der Waals surface area (Å²) in [5.74, 6) is 1.56. The van der Waals surface area contributed by atoms with Crippen LogP contribution in [-0.2, 0) is 4.79 Å². The minimum absolute atomic E-state index is 0.167. The Morgan fingerprint density at radius 1 is 1.28 bits per heavy atom. The molecular formula is C13H20N4O. The normalized spacial score (nSPS) is 24.6. The summed E-state index contributed by atoms with van der Waals surface area (Å²) in [6.07, 6.45) is 7.98. The number of nitrogens with zero attached hydrogens (tertiary/aromatic N) is 3. The summed E-state index contributed by atoms with van der Waals surface area (Å²) in [5.41, 5.74) is 0. The summed E-state index contributed by atoms with van der Waals surface area (Å²) in [6, 6.07) is 0. The molecule has 5 nitrogen and oxygen atoms in total. The topological polar surface area (TPSA) is 52.2 Å². The number of aromatic amines is 1. The second kappa shape index (κ2) is 5.00. The first-order valence-electron chi connectivity index (χ1n) is 6.87. The third-order valence-corrected chi connectivity index (χ3v) is 4.01. The van der Waals surface area contributed by atoms with Crippen LogP contribution in [0.3, 0.4) is 0 Å². The average Bonchev–Trinajstić information content (AvgIpc) is 3.11. The molecule has 2 aliphatic rings. The monoisotopic (exact) mass is 248 g/mol. The van der Waals surface area contributed by atoms with Crippen LogP contribution < -0.4 is 4.90 Å². The van der Waals surface area contributed by atoms with Crippen molar-refractivity contribution in [2.75, 3.05) is 31.1 Å². The molecule has 0 saturated carbocycles. The number of likely N-dealkylation sites (tertiary alicyclic amines) is 1. The van der Waals surface area contributed by atoms with Crippen LogP contribution in [0.5, 0.6) is 0 Å². The van der Waals surface area contributed by atoms with Crippen LogP contribution in [0.4, 0.5) is 5.82 Å². The van der Waals surface area contributed by atoms with E-state index in [1.54, 1.807) is 6.33 Å². The first-order valence-corrected chi connectivity index (χ1v) is 6.87. The molecule has 0 aliphatic carbocycles. The van der Waals surface area contributed by atoms with Crippen LogP contribution in [0, 0.1) is 5.92 Å². The summed E-state index contributed by atoms with van der Waals surface area (Å²) < 4.78 is 0. The van der Waals surface area contributed by atoms with Gasteiger partial charge in [-0.2, -0.15) is 0 Å². The first-order chi connectivity index (χ1) is 8.84. The van der Waals surface area contributed by atoms with Crippen LogP contribution >= 0.6 is 0 Å². The van der Waals surface area contributed by atoms with E-state index in [0.29, 0.717) is 5.91 Å². The molecule has 98 valence electrons. The second-order valence-electron chi connectivity index (χ2n) is 5.25. The highest BCUT2D eigenvalue weighted by molar-refractivity contribution is 5.80. The Kier molecular flexibility index (Phi) is 3.21. The Morgan fingerprint density at radius 2 is 2.11 bits per heavy atom. The highest BCUT2D eigenvalue weighted by atomic mass is 16.2. The molecule has 1 amide bonds. The van der Waals surface area contributed by atoms with Gasteiger partial charge in [0.1, 0.15) is 5.82 Å². The van der Waals surface area contributed by atoms with E-state index >= 15 is 0 Å². The smallest absolute Gasteiger partial charge is 0.227 e. The number of rotatable bonds is 2. The fourth-order valence-corrected chi connectivity index (χ4v) is 3.01. The highest BCUT2D eigenvalue weighted by Gasteiger charge is 2.30. The average molecular weight is 248 g/mol. The molecule has 0 spiro atoms. The molecule has 0 bridgehead atoms. The van der Waals surface area contributed by atoms with E-state index in [2.05, 4.69) is 14.9 Å². The van der Waals surface area contributed by atoms with Crippen molar-refractivity contribution in [1.29, 1.82) is 0 Å². The van der Waals surface area contributed by atoms with Gasteiger partial charge < -0.3 is 14.8 Å². The summed E-state index contributed by atoms with van der Waals surface area (Å²) in [6.45, 7) is 3.77. The predicted molar refractivity (Wildman–Crippen MR) is 69.3 cm³/mol. The largest absolute Gasteiger partial charge is 0.356 e. The van der Waals surface area contributed by atoms with Crippen LogP contribution in [-0.4, -0.2) is 47.0 Å². The minimum Gasteiger partial charge on any atom is -0.356 e. The zero-order valence-electron chi connectivity index (χ0n) is 10.6. The molecule has 18 heavy (non-hydrogen) atoms. The zero-order valence-corrected chi connectivity index (χ0v) is 10.6. The Balaban J connectivity index is 1.64. The van der Waals surface area contributed by atoms with Gasteiger partial charge in [-0.15, -0.1) is 0 Å². The summed E-state index contributed by atoms with van der Waals surface area (Å²) >= 11 is 0. The van der Waals surface area contributed by atoms with Gasteiger partial charge in [0.15, 0.2) is 0 Å². The summed E-state index contributed by atoms with van der Waals surface area (Å²) in [5, 5.41) is 0. The van der Waals surface area contributed by atoms with Gasteiger partial charge in [-0.1, -0.05) is 0 Å². The minimum atomic E-state index is 0.167. The second-order valence-corrected chi connectivity index (χ2v) is 5.25. The maximum absolute atomic E-state index is 12.4. The van der Waals surface area contributed by atoms with Crippen LogP contribution in [0.1, 0.15) is 25.7 Å². The van der Waals surface area contributed by atoms with Gasteiger partial charge in [0.2, 0.25) is 5.91 Å². The van der Waals surface area contributed by atoms with Crippen LogP contribution in [0.15, 0.2) is 12.5 Å². The molecule has 0 aromatic carbocycles. The van der Waals surface area contributed by atoms with Gasteiger partial charge in [0, 0.05) is 26.2 Å². The van der Waals surface area contributed by atoms with Crippen molar-refractivity contribution in [3.8, 4) is 0 Å². The van der Waals surface area contributed by atoms with E-state index in [-0.39, 0.29) is 5.92 Å². The summed E-state index contributed by atoms with van der Waals surface area (Å²) in [4.78, 5) is 23.9. The molecule has 3 heterocycles. The number of piperidine rings is 1. The van der Waals surface area contributed by atoms with Crippen molar-refractivity contribution in [1.82, 2.24) is 14.9 Å². The van der Waals surface area contributed by atoms with Crippen molar-refractivity contribution in [2.24, 2.45) is 5.92 Å². The standard InChI is InChI=1S/C13H20N4O/c18-13(16-5-1-2-6-16)11-4-3-7-17(9-11)12-8-14-10-15-12/h8,10-11H,1-7,9H2,(H,14,15). The molecule has 2 fully saturated rings. The van der Waals surface area contributed by atoms with Gasteiger partial charge in [-0.3, -0.25) is 4.79 Å². The molecule has 0 radical (unpaired) electrons. The third kappa shape index (κ3) is 2.21. The maximum Gasteiger partial charge on any atom is 0.227 e. The molecule has 2 aliphatic heterocycles. The first kappa shape index (κ1) is 11.6. The van der Waals surface area contributed by atoms with Gasteiger partial charge >= 0.3 is 0 Å². The molecule has 5 heteroatoms. The van der Waals surface area contributed by atoms with Crippen LogP contribution in [0.25, 0.3) is 0 Å². The molecule has 1 N–H and O–H groups in total. The number of aromatic nitrogens is 2. The number of nitrogens with one attached hydrogen (secondary N) is 1. The lowest BCUT2D eigenvalue weighted by Crippen LogP contribution is -2.44. The Labute approximate surface area is 107 Å². The fourth-order valence-electron chi connectivity index (χ4n) is 3.01. The number of anilines is 1. The molecule has 1 aromatic heterocycles. The van der Waals surface area contributed by atoms with Crippen molar-refractivity contribution < 1.29 is 4.79 Å².